The maximum absolute atomic E-state index is 12.5. The van der Waals surface area contributed by atoms with Crippen LogP contribution in [0.3, 0.4) is 0 Å². The number of halogens is 3. The van der Waals surface area contributed by atoms with Crippen molar-refractivity contribution in [3.05, 3.63) is 84.4 Å². The first kappa shape index (κ1) is 29.9. The van der Waals surface area contributed by atoms with Crippen LogP contribution in [0.2, 0.25) is 0 Å². The number of fused-ring (bicyclic) bond motifs is 1. The summed E-state index contributed by atoms with van der Waals surface area (Å²) < 4.78 is 33.3. The van der Waals surface area contributed by atoms with Crippen molar-refractivity contribution in [1.29, 1.82) is 0 Å². The number of para-hydroxylation sites is 2. The fraction of sp³-hybridized carbons (Fsp3) is 0.355. The first-order valence-electron chi connectivity index (χ1n) is 13.2. The van der Waals surface area contributed by atoms with Gasteiger partial charge in [-0.15, -0.1) is 0 Å². The quantitative estimate of drug-likeness (QED) is 0.262. The van der Waals surface area contributed by atoms with Crippen molar-refractivity contribution >= 4 is 22.6 Å². The fourth-order valence-electron chi connectivity index (χ4n) is 4.79. The Morgan fingerprint density at radius 1 is 0.923 bits per heavy atom. The topological polar surface area (TPSA) is 67.2 Å². The summed E-state index contributed by atoms with van der Waals surface area (Å²) in [5.41, 5.74) is 5.24. The smallest absolute Gasteiger partial charge is 0.386 e. The SMILES string of the molecule is CC(F)(F)F.CO.O=C(CC1CCCCC1)Nc1ccc(-c2nc3ccccc3n2Cc2ccccc2)cc1. The van der Waals surface area contributed by atoms with Gasteiger partial charge in [-0.25, -0.2) is 4.98 Å². The minimum Gasteiger partial charge on any atom is -0.400 e. The van der Waals surface area contributed by atoms with Crippen LogP contribution in [-0.2, 0) is 11.3 Å². The number of alkyl halides is 3. The van der Waals surface area contributed by atoms with Crippen LogP contribution >= 0.6 is 0 Å². The van der Waals surface area contributed by atoms with Gasteiger partial charge in [0.15, 0.2) is 0 Å². The molecule has 1 saturated carbocycles. The summed E-state index contributed by atoms with van der Waals surface area (Å²) in [5.74, 6) is 1.61. The highest BCUT2D eigenvalue weighted by Crippen LogP contribution is 2.28. The van der Waals surface area contributed by atoms with E-state index in [4.69, 9.17) is 10.1 Å². The van der Waals surface area contributed by atoms with Crippen molar-refractivity contribution < 1.29 is 23.1 Å². The predicted molar refractivity (Wildman–Crippen MR) is 150 cm³/mol. The van der Waals surface area contributed by atoms with Crippen molar-refractivity contribution in [2.45, 2.75) is 58.2 Å². The summed E-state index contributed by atoms with van der Waals surface area (Å²) >= 11 is 0. The number of imidazole rings is 1. The standard InChI is InChI=1S/C28H29N3O.C2H3F3.CH4O/c32-27(19-21-9-3-1-4-10-21)29-24-17-15-23(16-18-24)28-30-25-13-7-8-14-26(25)31(28)20-22-11-5-2-6-12-22;1-2(3,4)5;1-2/h2,5-8,11-18,21H,1,3-4,9-10,19-20H2,(H,29,32);1H3;2H,1H3. The van der Waals surface area contributed by atoms with Crippen molar-refractivity contribution in [2.75, 3.05) is 12.4 Å². The van der Waals surface area contributed by atoms with Gasteiger partial charge in [-0.05, 0) is 60.7 Å². The van der Waals surface area contributed by atoms with E-state index in [0.29, 0.717) is 12.3 Å². The van der Waals surface area contributed by atoms with E-state index in [0.717, 1.165) is 41.8 Å². The highest BCUT2D eigenvalue weighted by molar-refractivity contribution is 5.91. The zero-order valence-corrected chi connectivity index (χ0v) is 22.4. The molecule has 0 spiro atoms. The molecular weight excluding hydrogens is 503 g/mol. The van der Waals surface area contributed by atoms with Gasteiger partial charge >= 0.3 is 6.18 Å². The maximum Gasteiger partial charge on any atom is 0.386 e. The van der Waals surface area contributed by atoms with Gasteiger partial charge in [-0.3, -0.25) is 4.79 Å². The molecule has 1 fully saturated rings. The Morgan fingerprint density at radius 2 is 1.51 bits per heavy atom. The summed E-state index contributed by atoms with van der Waals surface area (Å²) in [5, 5.41) is 10.1. The number of carbonyl (C=O) groups is 1. The number of amides is 1. The lowest BCUT2D eigenvalue weighted by molar-refractivity contribution is -0.117. The molecule has 5 nitrogen and oxygen atoms in total. The molecule has 208 valence electrons. The van der Waals surface area contributed by atoms with Crippen molar-refractivity contribution in [3.8, 4) is 11.4 Å². The number of nitrogens with zero attached hydrogens (tertiary/aromatic N) is 2. The van der Waals surface area contributed by atoms with E-state index in [1.54, 1.807) is 0 Å². The minimum atomic E-state index is -4.00. The number of anilines is 1. The summed E-state index contributed by atoms with van der Waals surface area (Å²) in [6.07, 6.45) is 2.84. The first-order valence-corrected chi connectivity index (χ1v) is 13.2. The molecule has 1 aliphatic rings. The van der Waals surface area contributed by atoms with Gasteiger partial charge in [0, 0.05) is 38.2 Å². The van der Waals surface area contributed by atoms with Crippen molar-refractivity contribution in [1.82, 2.24) is 9.55 Å². The molecule has 1 aliphatic carbocycles. The largest absolute Gasteiger partial charge is 0.400 e. The molecule has 0 saturated heterocycles. The third-order valence-corrected chi connectivity index (χ3v) is 6.46. The van der Waals surface area contributed by atoms with Crippen LogP contribution < -0.4 is 5.32 Å². The second-order valence-electron chi connectivity index (χ2n) is 9.61. The van der Waals surface area contributed by atoms with E-state index in [9.17, 15) is 18.0 Å². The summed E-state index contributed by atoms with van der Waals surface area (Å²) in [6, 6.07) is 26.8. The van der Waals surface area contributed by atoms with E-state index in [-0.39, 0.29) is 12.8 Å². The molecule has 39 heavy (non-hydrogen) atoms. The number of carbonyl (C=O) groups excluding carboxylic acids is 1. The van der Waals surface area contributed by atoms with Gasteiger partial charge < -0.3 is 15.0 Å². The lowest BCUT2D eigenvalue weighted by Gasteiger charge is -2.20. The number of aliphatic hydroxyl groups excluding tert-OH is 1. The summed E-state index contributed by atoms with van der Waals surface area (Å²) in [4.78, 5) is 17.4. The molecule has 1 aromatic heterocycles. The van der Waals surface area contributed by atoms with Crippen molar-refractivity contribution in [2.24, 2.45) is 5.92 Å². The molecule has 1 amide bonds. The zero-order valence-electron chi connectivity index (χ0n) is 22.4. The Morgan fingerprint density at radius 3 is 2.15 bits per heavy atom. The number of aromatic nitrogens is 2. The highest BCUT2D eigenvalue weighted by Gasteiger charge is 2.18. The number of rotatable bonds is 6. The molecular formula is C31H36F3N3O2. The van der Waals surface area contributed by atoms with Crippen LogP contribution in [0.4, 0.5) is 18.9 Å². The zero-order chi connectivity index (χ0) is 28.3. The minimum absolute atomic E-state index is 0.126. The van der Waals surface area contributed by atoms with E-state index >= 15 is 0 Å². The van der Waals surface area contributed by atoms with E-state index in [1.807, 2.05) is 24.3 Å². The number of hydrogen-bond donors (Lipinski definition) is 2. The summed E-state index contributed by atoms with van der Waals surface area (Å²) in [6.45, 7) is 0.948. The maximum atomic E-state index is 12.5. The Kier molecular flexibility index (Phi) is 11.1. The Balaban J connectivity index is 0.000000542. The fourth-order valence-corrected chi connectivity index (χ4v) is 4.79. The average molecular weight is 540 g/mol. The van der Waals surface area contributed by atoms with Crippen LogP contribution in [-0.4, -0.2) is 33.9 Å². The second-order valence-corrected chi connectivity index (χ2v) is 9.61. The van der Waals surface area contributed by atoms with Gasteiger partial charge in [0.25, 0.3) is 0 Å². The predicted octanol–water partition coefficient (Wildman–Crippen LogP) is 7.84. The van der Waals surface area contributed by atoms with Gasteiger partial charge in [-0.1, -0.05) is 61.7 Å². The van der Waals surface area contributed by atoms with Gasteiger partial charge in [0.2, 0.25) is 5.91 Å². The Hall–Kier alpha value is -3.65. The number of hydrogen-bond acceptors (Lipinski definition) is 3. The van der Waals surface area contributed by atoms with Gasteiger partial charge in [0.05, 0.1) is 11.0 Å². The van der Waals surface area contributed by atoms with E-state index in [2.05, 4.69) is 64.5 Å². The Labute approximate surface area is 227 Å². The number of nitrogens with one attached hydrogen (secondary N) is 1. The molecule has 0 unspecified atom stereocenters. The van der Waals surface area contributed by atoms with Crippen LogP contribution in [0, 0.1) is 5.92 Å². The molecule has 0 atom stereocenters. The molecule has 4 aromatic rings. The van der Waals surface area contributed by atoms with Crippen LogP contribution in [0.15, 0.2) is 78.9 Å². The molecule has 8 heteroatoms. The molecule has 0 radical (unpaired) electrons. The van der Waals surface area contributed by atoms with Crippen molar-refractivity contribution in [3.63, 3.8) is 0 Å². The lowest BCUT2D eigenvalue weighted by atomic mass is 9.87. The molecule has 3 aromatic carbocycles. The Bertz CT molecular complexity index is 1290. The molecule has 2 N–H and O–H groups in total. The van der Waals surface area contributed by atoms with Crippen LogP contribution in [0.5, 0.6) is 0 Å². The van der Waals surface area contributed by atoms with E-state index < -0.39 is 6.18 Å². The van der Waals surface area contributed by atoms with Gasteiger partial charge in [-0.2, -0.15) is 13.2 Å². The molecule has 1 heterocycles. The first-order chi connectivity index (χ1) is 18.8. The van der Waals surface area contributed by atoms with E-state index in [1.165, 1.54) is 37.7 Å². The van der Waals surface area contributed by atoms with Gasteiger partial charge in [0.1, 0.15) is 5.82 Å². The molecule has 0 bridgehead atoms. The molecule has 5 rings (SSSR count). The second kappa shape index (κ2) is 14.5. The third-order valence-electron chi connectivity index (χ3n) is 6.46. The normalized spacial score (nSPS) is 13.6. The average Bonchev–Trinajstić information content (AvgIpc) is 3.29. The highest BCUT2D eigenvalue weighted by atomic mass is 19.4. The lowest BCUT2D eigenvalue weighted by Crippen LogP contribution is -2.18. The number of aliphatic hydroxyl groups is 1. The molecule has 0 aliphatic heterocycles. The van der Waals surface area contributed by atoms with Crippen LogP contribution in [0.25, 0.3) is 22.4 Å². The number of benzene rings is 3. The third kappa shape index (κ3) is 9.55. The van der Waals surface area contributed by atoms with Crippen LogP contribution in [0.1, 0.15) is 51.0 Å². The summed E-state index contributed by atoms with van der Waals surface area (Å²) in [7, 11) is 1.00. The monoisotopic (exact) mass is 539 g/mol.